The molecule has 0 bridgehead atoms. The standard InChI is InChI=1S/C23H22FN3O4S2/c1-2-10-27(23-25-21(16-32-23)17-6-4-3-5-7-17)22(28)19-15-18(8-9-20(19)24)33(29,30)26-11-13-31-14-12-26/h2-9,15-16H,1,10-14H2. The average molecular weight is 488 g/mol. The Bertz CT molecular complexity index is 1260. The first-order valence-electron chi connectivity index (χ1n) is 10.2. The molecule has 2 aromatic carbocycles. The molecule has 0 spiro atoms. The van der Waals surface area contributed by atoms with E-state index in [0.717, 1.165) is 17.7 Å². The van der Waals surface area contributed by atoms with Crippen molar-refractivity contribution in [1.82, 2.24) is 9.29 Å². The number of benzene rings is 2. The van der Waals surface area contributed by atoms with Crippen molar-refractivity contribution in [2.24, 2.45) is 0 Å². The number of morpholine rings is 1. The van der Waals surface area contributed by atoms with Crippen molar-refractivity contribution in [1.29, 1.82) is 0 Å². The third-order valence-corrected chi connectivity index (χ3v) is 7.88. The number of nitrogens with zero attached hydrogens (tertiary/aromatic N) is 3. The second kappa shape index (κ2) is 9.92. The maximum absolute atomic E-state index is 14.7. The van der Waals surface area contributed by atoms with E-state index in [-0.39, 0.29) is 43.3 Å². The molecule has 1 saturated heterocycles. The lowest BCUT2D eigenvalue weighted by Crippen LogP contribution is -2.40. The summed E-state index contributed by atoms with van der Waals surface area (Å²) in [4.78, 5) is 19.0. The molecule has 7 nitrogen and oxygen atoms in total. The van der Waals surface area contributed by atoms with E-state index in [0.29, 0.717) is 10.8 Å². The molecule has 0 aliphatic carbocycles. The van der Waals surface area contributed by atoms with Gasteiger partial charge in [-0.2, -0.15) is 4.31 Å². The molecule has 1 aliphatic rings. The van der Waals surface area contributed by atoms with Crippen LogP contribution in [-0.2, 0) is 14.8 Å². The van der Waals surface area contributed by atoms with Crippen LogP contribution in [0.3, 0.4) is 0 Å². The van der Waals surface area contributed by atoms with Gasteiger partial charge in [0.2, 0.25) is 10.0 Å². The molecule has 0 saturated carbocycles. The quantitative estimate of drug-likeness (QED) is 0.474. The molecule has 1 aliphatic heterocycles. The van der Waals surface area contributed by atoms with Crippen LogP contribution in [0.2, 0.25) is 0 Å². The Kier molecular flexibility index (Phi) is 6.99. The smallest absolute Gasteiger partial charge is 0.263 e. The van der Waals surface area contributed by atoms with E-state index in [1.54, 1.807) is 0 Å². The van der Waals surface area contributed by atoms with Crippen molar-refractivity contribution in [2.45, 2.75) is 4.90 Å². The number of hydrogen-bond donors (Lipinski definition) is 0. The summed E-state index contributed by atoms with van der Waals surface area (Å²) in [6, 6.07) is 12.7. The fourth-order valence-electron chi connectivity index (χ4n) is 3.42. The summed E-state index contributed by atoms with van der Waals surface area (Å²) in [6.45, 7) is 4.74. The average Bonchev–Trinajstić information content (AvgIpc) is 3.33. The van der Waals surface area contributed by atoms with Gasteiger partial charge in [0.15, 0.2) is 5.13 Å². The van der Waals surface area contributed by atoms with E-state index in [1.807, 2.05) is 35.7 Å². The Labute approximate surface area is 195 Å². The zero-order valence-electron chi connectivity index (χ0n) is 17.7. The number of sulfonamides is 1. The lowest BCUT2D eigenvalue weighted by Gasteiger charge is -2.26. The molecule has 33 heavy (non-hydrogen) atoms. The van der Waals surface area contributed by atoms with Crippen LogP contribution in [0.4, 0.5) is 9.52 Å². The summed E-state index contributed by atoms with van der Waals surface area (Å²) in [5.41, 5.74) is 1.22. The summed E-state index contributed by atoms with van der Waals surface area (Å²) in [7, 11) is -3.89. The zero-order chi connectivity index (χ0) is 23.4. The minimum atomic E-state index is -3.89. The Morgan fingerprint density at radius 1 is 1.21 bits per heavy atom. The number of amides is 1. The SMILES string of the molecule is C=CCN(C(=O)c1cc(S(=O)(=O)N2CCOCC2)ccc1F)c1nc(-c2ccccc2)cs1. The normalized spacial score (nSPS) is 14.7. The van der Waals surface area contributed by atoms with E-state index in [2.05, 4.69) is 11.6 Å². The van der Waals surface area contributed by atoms with E-state index in [9.17, 15) is 17.6 Å². The molecule has 0 unspecified atom stereocenters. The van der Waals surface area contributed by atoms with Gasteiger partial charge < -0.3 is 4.74 Å². The summed E-state index contributed by atoms with van der Waals surface area (Å²) in [6.07, 6.45) is 1.51. The first kappa shape index (κ1) is 23.2. The number of halogens is 1. The van der Waals surface area contributed by atoms with Gasteiger partial charge in [-0.15, -0.1) is 17.9 Å². The van der Waals surface area contributed by atoms with Crippen LogP contribution in [0, 0.1) is 5.82 Å². The minimum absolute atomic E-state index is 0.0838. The lowest BCUT2D eigenvalue weighted by molar-refractivity contribution is 0.0730. The van der Waals surface area contributed by atoms with Crippen molar-refractivity contribution >= 4 is 32.4 Å². The van der Waals surface area contributed by atoms with Gasteiger partial charge in [-0.05, 0) is 18.2 Å². The molecule has 4 rings (SSSR count). The van der Waals surface area contributed by atoms with E-state index in [4.69, 9.17) is 4.74 Å². The van der Waals surface area contributed by atoms with Crippen molar-refractivity contribution < 1.29 is 22.3 Å². The van der Waals surface area contributed by atoms with Crippen LogP contribution in [-0.4, -0.2) is 56.5 Å². The van der Waals surface area contributed by atoms with Gasteiger partial charge in [0, 0.05) is 30.6 Å². The molecular weight excluding hydrogens is 465 g/mol. The number of aromatic nitrogens is 1. The van der Waals surface area contributed by atoms with Crippen LogP contribution < -0.4 is 4.90 Å². The molecule has 1 amide bonds. The molecule has 1 aromatic heterocycles. The number of carbonyl (C=O) groups is 1. The molecule has 172 valence electrons. The fraction of sp³-hybridized carbons (Fsp3) is 0.217. The van der Waals surface area contributed by atoms with E-state index in [1.165, 1.54) is 32.7 Å². The van der Waals surface area contributed by atoms with Crippen molar-refractivity contribution in [3.63, 3.8) is 0 Å². The fourth-order valence-corrected chi connectivity index (χ4v) is 5.69. The largest absolute Gasteiger partial charge is 0.379 e. The van der Waals surface area contributed by atoms with Crippen LogP contribution in [0.5, 0.6) is 0 Å². The van der Waals surface area contributed by atoms with Crippen molar-refractivity contribution in [3.05, 3.63) is 77.9 Å². The highest BCUT2D eigenvalue weighted by Crippen LogP contribution is 2.29. The molecule has 3 aromatic rings. The van der Waals surface area contributed by atoms with Crippen LogP contribution in [0.25, 0.3) is 11.3 Å². The van der Waals surface area contributed by atoms with Crippen molar-refractivity contribution in [3.8, 4) is 11.3 Å². The van der Waals surface area contributed by atoms with Gasteiger partial charge in [-0.1, -0.05) is 36.4 Å². The molecular formula is C23H22FN3O4S2. The zero-order valence-corrected chi connectivity index (χ0v) is 19.3. The molecule has 0 atom stereocenters. The van der Waals surface area contributed by atoms with E-state index < -0.39 is 21.7 Å². The van der Waals surface area contributed by atoms with Gasteiger partial charge in [-0.3, -0.25) is 9.69 Å². The number of thiazole rings is 1. The van der Waals surface area contributed by atoms with Gasteiger partial charge >= 0.3 is 0 Å². The monoisotopic (exact) mass is 487 g/mol. The molecule has 0 radical (unpaired) electrons. The first-order valence-corrected chi connectivity index (χ1v) is 12.5. The Balaban J connectivity index is 1.67. The summed E-state index contributed by atoms with van der Waals surface area (Å²) in [5, 5.41) is 2.17. The van der Waals surface area contributed by atoms with Gasteiger partial charge in [0.05, 0.1) is 29.4 Å². The van der Waals surface area contributed by atoms with Gasteiger partial charge in [0.25, 0.3) is 5.91 Å². The maximum Gasteiger partial charge on any atom is 0.263 e. The summed E-state index contributed by atoms with van der Waals surface area (Å²) >= 11 is 1.24. The highest BCUT2D eigenvalue weighted by atomic mass is 32.2. The summed E-state index contributed by atoms with van der Waals surface area (Å²) < 4.78 is 47.2. The van der Waals surface area contributed by atoms with Crippen LogP contribution >= 0.6 is 11.3 Å². The first-order chi connectivity index (χ1) is 15.9. The van der Waals surface area contributed by atoms with Gasteiger partial charge in [-0.25, -0.2) is 17.8 Å². The van der Waals surface area contributed by atoms with Crippen LogP contribution in [0.15, 0.2) is 71.5 Å². The third kappa shape index (κ3) is 4.88. The lowest BCUT2D eigenvalue weighted by atomic mass is 10.2. The highest BCUT2D eigenvalue weighted by molar-refractivity contribution is 7.89. The number of ether oxygens (including phenoxy) is 1. The van der Waals surface area contributed by atoms with Crippen molar-refractivity contribution in [2.75, 3.05) is 37.7 Å². The number of carbonyl (C=O) groups excluding carboxylic acids is 1. The third-order valence-electron chi connectivity index (χ3n) is 5.13. The maximum atomic E-state index is 14.7. The second-order valence-electron chi connectivity index (χ2n) is 7.24. The van der Waals surface area contributed by atoms with E-state index >= 15 is 0 Å². The predicted molar refractivity (Wildman–Crippen MR) is 125 cm³/mol. The van der Waals surface area contributed by atoms with Gasteiger partial charge in [0.1, 0.15) is 5.82 Å². The Morgan fingerprint density at radius 3 is 2.64 bits per heavy atom. The number of rotatable bonds is 7. The topological polar surface area (TPSA) is 79.8 Å². The minimum Gasteiger partial charge on any atom is -0.379 e. The van der Waals surface area contributed by atoms with Crippen LogP contribution in [0.1, 0.15) is 10.4 Å². The molecule has 0 N–H and O–H groups in total. The molecule has 1 fully saturated rings. The Morgan fingerprint density at radius 2 is 1.94 bits per heavy atom. The summed E-state index contributed by atoms with van der Waals surface area (Å²) in [5.74, 6) is -1.50. The molecule has 10 heteroatoms. The predicted octanol–water partition coefficient (Wildman–Crippen LogP) is 3.80. The number of hydrogen-bond acceptors (Lipinski definition) is 6. The second-order valence-corrected chi connectivity index (χ2v) is 10.0. The highest BCUT2D eigenvalue weighted by Gasteiger charge is 2.29. The number of anilines is 1. The Hall–Kier alpha value is -2.92. The molecule has 2 heterocycles.